The van der Waals surface area contributed by atoms with Crippen molar-refractivity contribution in [3.8, 4) is 0 Å². The largest absolute Gasteiger partial charge is 0.463 e. The molecule has 10 unspecified atom stereocenters. The number of ether oxygens (including phenoxy) is 9. The van der Waals surface area contributed by atoms with Crippen molar-refractivity contribution in [2.45, 2.75) is 255 Å². The molecular weight excluding hydrogens is 1030 g/mol. The van der Waals surface area contributed by atoms with Crippen molar-refractivity contribution in [2.24, 2.45) is 45.3 Å². The number of hydrogen-bond acceptors (Lipinski definition) is 23. The Balaban J connectivity index is 1.02. The number of rotatable bonds is 16. The van der Waals surface area contributed by atoms with Crippen LogP contribution in [0.4, 0.5) is 0 Å². The molecule has 4 aliphatic carbocycles. The number of aliphatic hydroxyl groups excluding tert-OH is 13. The number of esters is 1. The minimum Gasteiger partial charge on any atom is -0.463 e. The van der Waals surface area contributed by atoms with Gasteiger partial charge in [0, 0.05) is 6.92 Å². The molecule has 0 spiro atoms. The van der Waals surface area contributed by atoms with E-state index < -0.39 is 171 Å². The third-order valence-electron chi connectivity index (χ3n) is 20.8. The van der Waals surface area contributed by atoms with Crippen molar-refractivity contribution in [3.63, 3.8) is 0 Å². The molecule has 0 aromatic rings. The van der Waals surface area contributed by atoms with Crippen LogP contribution in [0.5, 0.6) is 0 Å². The van der Waals surface area contributed by atoms with Crippen molar-refractivity contribution in [2.75, 3.05) is 26.4 Å². The number of aliphatic hydroxyl groups is 13. The molecule has 13 N–H and O–H groups in total. The lowest BCUT2D eigenvalue weighted by Crippen LogP contribution is -2.68. The second-order valence-corrected chi connectivity index (χ2v) is 25.9. The molecule has 23 heteroatoms. The van der Waals surface area contributed by atoms with Crippen LogP contribution in [-0.4, -0.2) is 233 Å². The normalized spacial score (nSPS) is 51.1. The fraction of sp³-hybridized carbons (Fsp3) is 0.945. The summed E-state index contributed by atoms with van der Waals surface area (Å²) in [5.74, 6) is -1.11. The molecule has 4 saturated heterocycles. The first kappa shape index (κ1) is 62.4. The first-order valence-corrected chi connectivity index (χ1v) is 28.2. The number of fused-ring (bicyclic) bond motifs is 5. The van der Waals surface area contributed by atoms with Gasteiger partial charge in [0.15, 0.2) is 25.2 Å². The van der Waals surface area contributed by atoms with Crippen LogP contribution in [0.2, 0.25) is 0 Å². The summed E-state index contributed by atoms with van der Waals surface area (Å²) in [6.45, 7) is 16.5. The van der Waals surface area contributed by atoms with Gasteiger partial charge in [-0.25, -0.2) is 0 Å². The van der Waals surface area contributed by atoms with Gasteiger partial charge in [-0.05, 0) is 124 Å². The first-order chi connectivity index (χ1) is 36.4. The summed E-state index contributed by atoms with van der Waals surface area (Å²) in [5.41, 5.74) is -1.58. The van der Waals surface area contributed by atoms with Gasteiger partial charge in [-0.3, -0.25) is 4.79 Å². The van der Waals surface area contributed by atoms with Crippen molar-refractivity contribution in [3.05, 3.63) is 11.6 Å². The third kappa shape index (κ3) is 11.3. The lowest BCUT2D eigenvalue weighted by molar-refractivity contribution is -0.378. The zero-order valence-corrected chi connectivity index (χ0v) is 46.6. The van der Waals surface area contributed by atoms with Crippen LogP contribution in [-0.2, 0) is 47.4 Å². The Kier molecular flexibility index (Phi) is 19.0. The van der Waals surface area contributed by atoms with Crippen molar-refractivity contribution in [1.29, 1.82) is 0 Å². The second-order valence-electron chi connectivity index (χ2n) is 25.9. The standard InChI is InChI=1S/C55H92O23/c1-24(2)11-10-15-55(9,78-49-45(69)41(65)38(62)31(74-49)23-72-47-43(67)36(60)28(59)21-71-47)26-12-17-54(8)35(26)27(58)19-33-52(6)16-14-34(51(4,5)32(52)13-18-53(33,54)7)76-50-46(42(66)39(63)30(75-50)22-70-25(3)57)77-48-44(68)40(64)37(61)29(20-56)73-48/h11,26-50,56,58-69H,10,12-23H2,1-9H3/t26?,27?,28-,29+,30+,31+,32?,33?,34?,35?,36+,37+,38+,39+,40-,41-,42-,43+,44+,45+,46+,47-,48-,49-,50-,52?,53?,54?,55?/m0/s1. The molecule has 450 valence electrons. The Morgan fingerprint density at radius 1 is 0.615 bits per heavy atom. The SMILES string of the molecule is CC(=O)OC[C@H]1O[C@@H](OC2CCC3(C)C(CCC4(C)C3CC(O)C3C(C(C)(CCC=C(C)C)O[C@@H]5O[C@H](CO[C@@H]6OC[C@H](O)[C@@H](O)[C@H]6O)[C@@H](O)[C@H](O)[C@H]5O)CCC34C)C2(C)C)[C@H](O[C@@H]2O[C@H](CO)[C@@H](O)[C@H](O)[C@H]2O)[C@@H](O)[C@@H]1O. The van der Waals surface area contributed by atoms with Crippen LogP contribution in [0.25, 0.3) is 0 Å². The summed E-state index contributed by atoms with van der Waals surface area (Å²) in [4.78, 5) is 11.9. The van der Waals surface area contributed by atoms with Crippen LogP contribution in [0.1, 0.15) is 120 Å². The molecule has 8 fully saturated rings. The predicted molar refractivity (Wildman–Crippen MR) is 270 cm³/mol. The van der Waals surface area contributed by atoms with Crippen LogP contribution in [0, 0.1) is 45.3 Å². The van der Waals surface area contributed by atoms with E-state index in [0.717, 1.165) is 24.8 Å². The molecule has 0 radical (unpaired) electrons. The van der Waals surface area contributed by atoms with E-state index in [1.807, 2.05) is 20.8 Å². The molecule has 0 bridgehead atoms. The quantitative estimate of drug-likeness (QED) is 0.0501. The third-order valence-corrected chi connectivity index (χ3v) is 20.8. The molecule has 8 aliphatic rings. The molecule has 8 rings (SSSR count). The molecule has 78 heavy (non-hydrogen) atoms. The maximum absolute atomic E-state index is 12.9. The van der Waals surface area contributed by atoms with Gasteiger partial charge in [0.1, 0.15) is 98.2 Å². The zero-order chi connectivity index (χ0) is 57.4. The molecule has 0 amide bonds. The summed E-state index contributed by atoms with van der Waals surface area (Å²) >= 11 is 0. The summed E-state index contributed by atoms with van der Waals surface area (Å²) in [6, 6.07) is 0. The Morgan fingerprint density at radius 2 is 1.21 bits per heavy atom. The molecule has 4 aliphatic heterocycles. The van der Waals surface area contributed by atoms with Gasteiger partial charge in [0.25, 0.3) is 0 Å². The predicted octanol–water partition coefficient (Wildman–Crippen LogP) is -0.993. The van der Waals surface area contributed by atoms with Crippen LogP contribution in [0.3, 0.4) is 0 Å². The van der Waals surface area contributed by atoms with Crippen molar-refractivity contribution >= 4 is 5.97 Å². The van der Waals surface area contributed by atoms with Crippen LogP contribution in [0.15, 0.2) is 11.6 Å². The Labute approximate surface area is 456 Å². The van der Waals surface area contributed by atoms with Crippen LogP contribution < -0.4 is 0 Å². The maximum Gasteiger partial charge on any atom is 0.302 e. The number of carbonyl (C=O) groups is 1. The van der Waals surface area contributed by atoms with Gasteiger partial charge >= 0.3 is 5.97 Å². The van der Waals surface area contributed by atoms with E-state index in [4.69, 9.17) is 42.6 Å². The highest BCUT2D eigenvalue weighted by atomic mass is 16.8. The van der Waals surface area contributed by atoms with E-state index in [1.165, 1.54) is 6.92 Å². The molecule has 0 aromatic heterocycles. The Bertz CT molecular complexity index is 2060. The Morgan fingerprint density at radius 3 is 1.86 bits per heavy atom. The first-order valence-electron chi connectivity index (χ1n) is 28.2. The zero-order valence-electron chi connectivity index (χ0n) is 46.6. The summed E-state index contributed by atoms with van der Waals surface area (Å²) in [6.07, 6.45) is -23.1. The van der Waals surface area contributed by atoms with Gasteiger partial charge in [0.2, 0.25) is 0 Å². The number of allylic oxidation sites excluding steroid dienone is 2. The average molecular weight is 1120 g/mol. The lowest BCUT2D eigenvalue weighted by Gasteiger charge is -2.71. The minimum absolute atomic E-state index is 0.0260. The van der Waals surface area contributed by atoms with Crippen molar-refractivity contribution in [1.82, 2.24) is 0 Å². The average Bonchev–Trinajstić information content (AvgIpc) is 2.45. The van der Waals surface area contributed by atoms with Crippen LogP contribution >= 0.6 is 0 Å². The molecular formula is C55H92O23. The van der Waals surface area contributed by atoms with E-state index in [2.05, 4.69) is 40.7 Å². The minimum atomic E-state index is -1.84. The smallest absolute Gasteiger partial charge is 0.302 e. The fourth-order valence-electron chi connectivity index (χ4n) is 16.2. The molecule has 4 saturated carbocycles. The van der Waals surface area contributed by atoms with Gasteiger partial charge in [0.05, 0.1) is 37.6 Å². The molecule has 4 heterocycles. The van der Waals surface area contributed by atoms with Gasteiger partial charge in [-0.2, -0.15) is 0 Å². The van der Waals surface area contributed by atoms with E-state index in [9.17, 15) is 71.2 Å². The molecule has 0 aromatic carbocycles. The summed E-state index contributed by atoms with van der Waals surface area (Å²) in [7, 11) is 0. The van der Waals surface area contributed by atoms with Gasteiger partial charge in [-0.15, -0.1) is 0 Å². The number of carbonyl (C=O) groups excluding carboxylic acids is 1. The topological polar surface area (TPSA) is 363 Å². The van der Waals surface area contributed by atoms with E-state index >= 15 is 0 Å². The molecule has 23 nitrogen and oxygen atoms in total. The van der Waals surface area contributed by atoms with Gasteiger partial charge < -0.3 is 109 Å². The molecule has 29 atom stereocenters. The monoisotopic (exact) mass is 1120 g/mol. The fourth-order valence-corrected chi connectivity index (χ4v) is 16.2. The second kappa shape index (κ2) is 23.8. The summed E-state index contributed by atoms with van der Waals surface area (Å²) in [5, 5.41) is 142. The Hall–Kier alpha value is -1.63. The van der Waals surface area contributed by atoms with Gasteiger partial charge in [-0.1, -0.05) is 46.3 Å². The summed E-state index contributed by atoms with van der Waals surface area (Å²) < 4.78 is 54.3. The van der Waals surface area contributed by atoms with E-state index in [1.54, 1.807) is 0 Å². The number of hydrogen-bond donors (Lipinski definition) is 13. The highest BCUT2D eigenvalue weighted by Gasteiger charge is 2.72. The highest BCUT2D eigenvalue weighted by Crippen LogP contribution is 2.76. The maximum atomic E-state index is 12.9. The van der Waals surface area contributed by atoms with E-state index in [0.29, 0.717) is 38.5 Å². The lowest BCUT2D eigenvalue weighted by atomic mass is 9.35. The van der Waals surface area contributed by atoms with Crippen molar-refractivity contribution < 1.29 is 114 Å². The highest BCUT2D eigenvalue weighted by molar-refractivity contribution is 5.65. The van der Waals surface area contributed by atoms with E-state index in [-0.39, 0.29) is 41.1 Å².